The molecule has 31 N–H and O–H groups in total. The van der Waals surface area contributed by atoms with E-state index in [-0.39, 0.29) is 114 Å². The van der Waals surface area contributed by atoms with Crippen molar-refractivity contribution in [2.45, 2.75) is 335 Å². The Morgan fingerprint density at radius 3 is 0.905 bits per heavy atom. The third kappa shape index (κ3) is 41.6. The lowest BCUT2D eigenvalue weighted by Crippen LogP contribution is -2.62. The fourth-order valence-electron chi connectivity index (χ4n) is 13.8. The first-order chi connectivity index (χ1) is 59.3. The number of aliphatic hydroxyl groups excluding tert-OH is 1. The zero-order valence-electron chi connectivity index (χ0n) is 76.8. The highest BCUT2D eigenvalue weighted by Gasteiger charge is 2.40. The molecule has 1 aromatic carbocycles. The number of hydrogen-bond donors (Lipinski definition) is 24. The van der Waals surface area contributed by atoms with Crippen LogP contribution in [0.1, 0.15) is 231 Å². The van der Waals surface area contributed by atoms with Gasteiger partial charge in [-0.05, 0) is 231 Å². The average molecular weight is 1780 g/mol. The van der Waals surface area contributed by atoms with E-state index in [1.807, 2.05) is 32.0 Å². The van der Waals surface area contributed by atoms with Crippen LogP contribution in [-0.4, -0.2) is 240 Å². The number of primary amides is 1. The second-order valence-corrected chi connectivity index (χ2v) is 35.0. The van der Waals surface area contributed by atoms with E-state index in [0.29, 0.717) is 76.3 Å². The van der Waals surface area contributed by atoms with Gasteiger partial charge in [-0.15, -0.1) is 0 Å². The van der Waals surface area contributed by atoms with Gasteiger partial charge < -0.3 is 130 Å². The molecule has 0 spiro atoms. The molecule has 0 fully saturated rings. The molecule has 2 rings (SSSR count). The lowest BCUT2D eigenvalue weighted by atomic mass is 9.98. The van der Waals surface area contributed by atoms with Crippen LogP contribution in [-0.2, 0) is 83.1 Å². The summed E-state index contributed by atoms with van der Waals surface area (Å²) in [5, 5.41) is 52.1. The summed E-state index contributed by atoms with van der Waals surface area (Å²) < 4.78 is 0. The van der Waals surface area contributed by atoms with E-state index in [4.69, 9.17) is 40.1 Å². The second-order valence-electron chi connectivity index (χ2n) is 35.0. The van der Waals surface area contributed by atoms with Crippen LogP contribution in [0.5, 0.6) is 0 Å². The molecule has 0 unspecified atom stereocenters. The van der Waals surface area contributed by atoms with Gasteiger partial charge in [0.05, 0.1) is 12.1 Å². The number of aliphatic hydroxyl groups is 1. The van der Waals surface area contributed by atoms with E-state index >= 15 is 0 Å². The Bertz CT molecular complexity index is 3800. The largest absolute Gasteiger partial charge is 0.391 e. The van der Waals surface area contributed by atoms with Gasteiger partial charge in [0.15, 0.2) is 0 Å². The number of benzene rings is 1. The van der Waals surface area contributed by atoms with Crippen molar-refractivity contribution in [2.24, 2.45) is 69.7 Å². The van der Waals surface area contributed by atoms with E-state index in [1.165, 1.54) is 34.6 Å². The number of amides is 16. The van der Waals surface area contributed by atoms with Crippen molar-refractivity contribution in [3.05, 3.63) is 36.0 Å². The maximum absolute atomic E-state index is 14.8. The lowest BCUT2D eigenvalue weighted by molar-refractivity contribution is -0.137. The third-order valence-corrected chi connectivity index (χ3v) is 21.0. The Labute approximate surface area is 742 Å². The number of aromatic nitrogens is 1. The van der Waals surface area contributed by atoms with Gasteiger partial charge in [0.1, 0.15) is 90.6 Å². The van der Waals surface area contributed by atoms with Crippen molar-refractivity contribution >= 4 is 105 Å². The van der Waals surface area contributed by atoms with Crippen LogP contribution in [0, 0.1) is 29.6 Å². The molecule has 40 heteroatoms. The van der Waals surface area contributed by atoms with E-state index in [1.54, 1.807) is 67.7 Å². The minimum atomic E-state index is -1.76. The van der Waals surface area contributed by atoms with Crippen LogP contribution in [0.25, 0.3) is 10.9 Å². The average Bonchev–Trinajstić information content (AvgIpc) is 1.70. The number of hydrogen-bond acceptors (Lipinski definition) is 23. The minimum Gasteiger partial charge on any atom is -0.391 e. The van der Waals surface area contributed by atoms with Crippen LogP contribution >= 0.6 is 0 Å². The van der Waals surface area contributed by atoms with Crippen LogP contribution in [0.15, 0.2) is 30.5 Å². The third-order valence-electron chi connectivity index (χ3n) is 21.0. The Morgan fingerprint density at radius 2 is 0.571 bits per heavy atom. The highest BCUT2D eigenvalue weighted by molar-refractivity contribution is 6.01. The molecule has 0 aliphatic heterocycles. The highest BCUT2D eigenvalue weighted by Crippen LogP contribution is 2.22. The topological polar surface area (TPSA) is 672 Å². The Balaban J connectivity index is 2.48. The predicted octanol–water partition coefficient (Wildman–Crippen LogP) is -2.26. The number of nitrogens with one attached hydrogen (secondary N) is 16. The summed E-state index contributed by atoms with van der Waals surface area (Å²) in [5.41, 5.74) is 41.8. The minimum absolute atomic E-state index is 0.000739. The van der Waals surface area contributed by atoms with Crippen molar-refractivity contribution in [1.82, 2.24) is 84.7 Å². The monoisotopic (exact) mass is 1780 g/mol. The summed E-state index contributed by atoms with van der Waals surface area (Å²) in [6, 6.07) is -13.4. The number of carbonyl (C=O) groups excluding carboxylic acids is 16. The van der Waals surface area contributed by atoms with E-state index in [0.717, 1.165) is 10.9 Å². The number of fused-ring (bicyclic) bond motifs is 1. The molecular weight excluding hydrogens is 1630 g/mol. The first-order valence-corrected chi connectivity index (χ1v) is 44.7. The number of aromatic amines is 1. The van der Waals surface area contributed by atoms with Gasteiger partial charge in [-0.3, -0.25) is 76.7 Å². The quantitative estimate of drug-likeness (QED) is 0.0311. The number of para-hydroxylation sites is 1. The molecule has 0 saturated heterocycles. The lowest BCUT2D eigenvalue weighted by Gasteiger charge is -2.30. The standard InChI is InChI=1S/C86H153N23O17/c1-46(2)40-64(103-72(112)51(11)92)82(122)105-68(44-56-45-94-58-29-17-16-28-57(56)58)84(124)102-63(34-22-27-39-91)79(119)109-70(55(15)110)86(126)107-67(43-49(7)8)83(123)104-65(41-47(3)4)80(120)101-61(32-20-25-37-89)77(117)99-62(33-21-26-38-90)78(118)108-69(50(9)10)85(125)106-66(42-48(5)6)81(121)100-60(31-19-24-36-88)76(116)97-53(13)74(114)95-52(12)73(113)96-54(14)75(115)98-59(71(93)111)30-18-23-35-87/h16-17,28-29,45-55,59-70,94,110H,18-27,30-44,87-92H2,1-15H3,(H2,93,111)(H,95,114)(H,96,113)(H,97,116)(H,98,115)(H,99,117)(H,100,121)(H,101,120)(H,102,124)(H,103,112)(H,104,123)(H,105,122)(H,106,125)(H,107,126)(H,108,118)(H,109,119)/t51-,52-,53-,54-,55+,59-,60-,61-,62-,63-,64-,65-,66-,67-,68-,69-,70-/m0/s1. The maximum Gasteiger partial charge on any atom is 0.245 e. The van der Waals surface area contributed by atoms with Gasteiger partial charge >= 0.3 is 0 Å². The van der Waals surface area contributed by atoms with E-state index in [2.05, 4.69) is 84.7 Å². The molecule has 0 saturated carbocycles. The molecular formula is C86H153N23O17. The van der Waals surface area contributed by atoms with E-state index < -0.39 is 203 Å². The summed E-state index contributed by atoms with van der Waals surface area (Å²) in [4.78, 5) is 228. The first-order valence-electron chi connectivity index (χ1n) is 44.7. The maximum atomic E-state index is 14.8. The van der Waals surface area contributed by atoms with Gasteiger partial charge in [0.2, 0.25) is 94.5 Å². The van der Waals surface area contributed by atoms with Crippen molar-refractivity contribution in [1.29, 1.82) is 0 Å². The zero-order valence-corrected chi connectivity index (χ0v) is 76.8. The van der Waals surface area contributed by atoms with Crippen LogP contribution in [0.3, 0.4) is 0 Å². The summed E-state index contributed by atoms with van der Waals surface area (Å²) in [5.74, 6) is -14.3. The van der Waals surface area contributed by atoms with Gasteiger partial charge in [0, 0.05) is 23.5 Å². The van der Waals surface area contributed by atoms with Gasteiger partial charge in [-0.2, -0.15) is 0 Å². The summed E-state index contributed by atoms with van der Waals surface area (Å²) >= 11 is 0. The number of nitrogens with two attached hydrogens (primary N) is 7. The zero-order chi connectivity index (χ0) is 95.2. The molecule has 17 atom stereocenters. The van der Waals surface area contributed by atoms with Crippen LogP contribution < -0.4 is 120 Å². The molecule has 16 amide bonds. The summed E-state index contributed by atoms with van der Waals surface area (Å²) in [7, 11) is 0. The predicted molar refractivity (Wildman–Crippen MR) is 480 cm³/mol. The normalized spacial score (nSPS) is 15.6. The Kier molecular flexibility index (Phi) is 52.6. The Morgan fingerprint density at radius 1 is 0.310 bits per heavy atom. The number of rotatable bonds is 63. The molecule has 1 aromatic heterocycles. The van der Waals surface area contributed by atoms with E-state index in [9.17, 15) is 81.8 Å². The molecule has 40 nitrogen and oxygen atoms in total. The van der Waals surface area contributed by atoms with Crippen molar-refractivity contribution in [3.63, 3.8) is 0 Å². The number of carbonyl (C=O) groups is 16. The number of unbranched alkanes of at least 4 members (excludes halogenated alkanes) is 5. The molecule has 0 radical (unpaired) electrons. The van der Waals surface area contributed by atoms with Gasteiger partial charge in [-0.25, -0.2) is 0 Å². The molecule has 1 heterocycles. The van der Waals surface area contributed by atoms with Crippen molar-refractivity contribution in [3.8, 4) is 0 Å². The SMILES string of the molecule is CC(C)C[C@H](NC(=O)[C@H](C)N)C(=O)N[C@@H](Cc1c[nH]c2ccccc12)C(=O)N[C@@H](CCCCN)C(=O)N[C@H](C(=O)N[C@@H](CC(C)C)C(=O)N[C@@H](CC(C)C)C(=O)N[C@@H](CCCCN)C(=O)N[C@@H](CCCCN)C(=O)N[C@H](C(=O)N[C@@H](CC(C)C)C(=O)N[C@@H](CCCCN)C(=O)N[C@@H](C)C(=O)N[C@@H](C)C(=O)N[C@@H](C)C(=O)N[C@@H](CCCCN)C(N)=O)C(C)C)[C@@H](C)O. The Hall–Kier alpha value is -10.00. The molecule has 714 valence electrons. The fourth-order valence-corrected chi connectivity index (χ4v) is 13.8. The van der Waals surface area contributed by atoms with Crippen molar-refractivity contribution in [2.75, 3.05) is 32.7 Å². The first kappa shape index (κ1) is 112. The molecule has 0 bridgehead atoms. The summed E-state index contributed by atoms with van der Waals surface area (Å²) in [6.07, 6.45) is 4.41. The smallest absolute Gasteiger partial charge is 0.245 e. The van der Waals surface area contributed by atoms with Crippen molar-refractivity contribution < 1.29 is 81.8 Å². The van der Waals surface area contributed by atoms with Gasteiger partial charge in [-0.1, -0.05) is 87.4 Å². The second kappa shape index (κ2) is 59.1. The summed E-state index contributed by atoms with van der Waals surface area (Å²) in [6.45, 7) is 25.7. The van der Waals surface area contributed by atoms with Crippen LogP contribution in [0.4, 0.5) is 0 Å². The molecule has 0 aliphatic rings. The molecule has 2 aromatic rings. The van der Waals surface area contributed by atoms with Gasteiger partial charge in [0.25, 0.3) is 0 Å². The highest BCUT2D eigenvalue weighted by atomic mass is 16.3. The van der Waals surface area contributed by atoms with Crippen LogP contribution in [0.2, 0.25) is 0 Å². The molecule has 0 aliphatic carbocycles. The molecule has 126 heavy (non-hydrogen) atoms. The number of H-pyrrole nitrogens is 1. The fraction of sp³-hybridized carbons (Fsp3) is 0.721.